The van der Waals surface area contributed by atoms with E-state index in [0.717, 1.165) is 19.3 Å². The third-order valence-electron chi connectivity index (χ3n) is 7.43. The SMILES string of the molecule is CCCCCCCCCCCCC/C=C/C[C@H](CC)NC(=O)CCCCCCCCCCCCC. The topological polar surface area (TPSA) is 29.1 Å². The zero-order valence-electron chi connectivity index (χ0n) is 24.5. The van der Waals surface area contributed by atoms with E-state index in [1.165, 1.54) is 141 Å². The molecule has 1 amide bonds. The van der Waals surface area contributed by atoms with Crippen molar-refractivity contribution in [1.29, 1.82) is 0 Å². The Morgan fingerprint density at radius 2 is 0.943 bits per heavy atom. The Morgan fingerprint density at radius 3 is 1.37 bits per heavy atom. The summed E-state index contributed by atoms with van der Waals surface area (Å²) in [6.45, 7) is 6.75. The number of allylic oxidation sites excluding steroid dienone is 1. The van der Waals surface area contributed by atoms with Gasteiger partial charge in [0, 0.05) is 12.5 Å². The van der Waals surface area contributed by atoms with E-state index < -0.39 is 0 Å². The molecule has 0 saturated heterocycles. The quantitative estimate of drug-likeness (QED) is 0.0855. The van der Waals surface area contributed by atoms with Gasteiger partial charge in [-0.1, -0.05) is 161 Å². The van der Waals surface area contributed by atoms with Gasteiger partial charge < -0.3 is 5.32 Å². The van der Waals surface area contributed by atoms with Crippen LogP contribution in [0.3, 0.4) is 0 Å². The van der Waals surface area contributed by atoms with Crippen LogP contribution in [0.1, 0.15) is 188 Å². The fourth-order valence-corrected chi connectivity index (χ4v) is 4.88. The lowest BCUT2D eigenvalue weighted by Crippen LogP contribution is -2.33. The predicted molar refractivity (Wildman–Crippen MR) is 158 cm³/mol. The van der Waals surface area contributed by atoms with Crippen molar-refractivity contribution >= 4 is 5.91 Å². The van der Waals surface area contributed by atoms with Crippen molar-refractivity contribution in [2.45, 2.75) is 194 Å². The van der Waals surface area contributed by atoms with E-state index in [2.05, 4.69) is 38.2 Å². The van der Waals surface area contributed by atoms with Gasteiger partial charge >= 0.3 is 0 Å². The second-order valence-electron chi connectivity index (χ2n) is 11.0. The van der Waals surface area contributed by atoms with Crippen molar-refractivity contribution in [3.63, 3.8) is 0 Å². The van der Waals surface area contributed by atoms with E-state index in [4.69, 9.17) is 0 Å². The molecule has 2 heteroatoms. The normalized spacial score (nSPS) is 12.4. The molecule has 0 fully saturated rings. The highest BCUT2D eigenvalue weighted by molar-refractivity contribution is 5.76. The predicted octanol–water partition coefficient (Wildman–Crippen LogP) is 11.2. The van der Waals surface area contributed by atoms with Gasteiger partial charge in [-0.2, -0.15) is 0 Å². The molecule has 0 rings (SSSR count). The van der Waals surface area contributed by atoms with Crippen molar-refractivity contribution < 1.29 is 4.79 Å². The monoisotopic (exact) mass is 492 g/mol. The number of hydrogen-bond donors (Lipinski definition) is 1. The van der Waals surface area contributed by atoms with Gasteiger partial charge in [0.2, 0.25) is 5.91 Å². The van der Waals surface area contributed by atoms with Crippen LogP contribution in [0.4, 0.5) is 0 Å². The summed E-state index contributed by atoms with van der Waals surface area (Å²) in [7, 11) is 0. The molecule has 0 heterocycles. The number of unbranched alkanes of at least 4 members (excludes halogenated alkanes) is 21. The van der Waals surface area contributed by atoms with Gasteiger partial charge in [0.1, 0.15) is 0 Å². The smallest absolute Gasteiger partial charge is 0.220 e. The molecule has 0 aromatic rings. The Balaban J connectivity index is 3.50. The van der Waals surface area contributed by atoms with E-state index in [9.17, 15) is 4.79 Å². The first kappa shape index (κ1) is 34.2. The average Bonchev–Trinajstić information content (AvgIpc) is 2.86. The van der Waals surface area contributed by atoms with Crippen molar-refractivity contribution in [2.24, 2.45) is 0 Å². The second kappa shape index (κ2) is 29.4. The van der Waals surface area contributed by atoms with Crippen LogP contribution < -0.4 is 5.32 Å². The molecule has 0 radical (unpaired) electrons. The van der Waals surface area contributed by atoms with Crippen molar-refractivity contribution in [3.8, 4) is 0 Å². The summed E-state index contributed by atoms with van der Waals surface area (Å²) in [6, 6.07) is 0.309. The van der Waals surface area contributed by atoms with Gasteiger partial charge in [0.05, 0.1) is 0 Å². The summed E-state index contributed by atoms with van der Waals surface area (Å²) >= 11 is 0. The van der Waals surface area contributed by atoms with Crippen LogP contribution in [0.25, 0.3) is 0 Å². The van der Waals surface area contributed by atoms with E-state index in [1.54, 1.807) is 0 Å². The summed E-state index contributed by atoms with van der Waals surface area (Å²) in [5.41, 5.74) is 0. The largest absolute Gasteiger partial charge is 0.353 e. The molecule has 0 bridgehead atoms. The lowest BCUT2D eigenvalue weighted by molar-refractivity contribution is -0.121. The first-order chi connectivity index (χ1) is 17.2. The molecule has 0 saturated carbocycles. The van der Waals surface area contributed by atoms with Gasteiger partial charge in [0.15, 0.2) is 0 Å². The molecule has 1 N–H and O–H groups in total. The van der Waals surface area contributed by atoms with E-state index in [1.807, 2.05) is 0 Å². The third-order valence-corrected chi connectivity index (χ3v) is 7.43. The number of carbonyl (C=O) groups is 1. The van der Waals surface area contributed by atoms with Gasteiger partial charge in [-0.3, -0.25) is 4.79 Å². The zero-order chi connectivity index (χ0) is 25.7. The van der Waals surface area contributed by atoms with Crippen molar-refractivity contribution in [1.82, 2.24) is 5.32 Å². The molecular weight excluding hydrogens is 426 g/mol. The minimum atomic E-state index is 0.256. The molecule has 0 aliphatic heterocycles. The molecule has 208 valence electrons. The number of nitrogens with one attached hydrogen (secondary N) is 1. The van der Waals surface area contributed by atoms with Gasteiger partial charge in [-0.25, -0.2) is 0 Å². The van der Waals surface area contributed by atoms with Crippen LogP contribution in [0.15, 0.2) is 12.2 Å². The highest BCUT2D eigenvalue weighted by atomic mass is 16.1. The van der Waals surface area contributed by atoms with E-state index in [-0.39, 0.29) is 5.91 Å². The minimum Gasteiger partial charge on any atom is -0.353 e. The Kier molecular flexibility index (Phi) is 28.8. The maximum atomic E-state index is 12.3. The van der Waals surface area contributed by atoms with Crippen molar-refractivity contribution in [3.05, 3.63) is 12.2 Å². The Hall–Kier alpha value is -0.790. The zero-order valence-corrected chi connectivity index (χ0v) is 24.5. The fraction of sp³-hybridized carbons (Fsp3) is 0.909. The number of carbonyl (C=O) groups excluding carboxylic acids is 1. The van der Waals surface area contributed by atoms with E-state index in [0.29, 0.717) is 12.5 Å². The summed E-state index contributed by atoms with van der Waals surface area (Å²) < 4.78 is 0. The molecular formula is C33H65NO. The fourth-order valence-electron chi connectivity index (χ4n) is 4.88. The van der Waals surface area contributed by atoms with Crippen LogP contribution in [-0.2, 0) is 4.79 Å². The summed E-state index contributed by atoms with van der Waals surface area (Å²) in [5, 5.41) is 3.26. The maximum Gasteiger partial charge on any atom is 0.220 e. The number of amides is 1. The lowest BCUT2D eigenvalue weighted by Gasteiger charge is -2.15. The molecule has 0 aliphatic carbocycles. The molecule has 0 spiro atoms. The summed E-state index contributed by atoms with van der Waals surface area (Å²) in [6.07, 6.45) is 38.6. The summed E-state index contributed by atoms with van der Waals surface area (Å²) in [4.78, 5) is 12.3. The minimum absolute atomic E-state index is 0.256. The maximum absolute atomic E-state index is 12.3. The van der Waals surface area contributed by atoms with Crippen molar-refractivity contribution in [2.75, 3.05) is 0 Å². The molecule has 0 aliphatic rings. The molecule has 0 unspecified atom stereocenters. The Labute approximate surface area is 221 Å². The average molecular weight is 492 g/mol. The molecule has 1 atom stereocenters. The van der Waals surface area contributed by atoms with Crippen LogP contribution in [-0.4, -0.2) is 11.9 Å². The molecule has 0 aromatic heterocycles. The van der Waals surface area contributed by atoms with Gasteiger partial charge in [-0.15, -0.1) is 0 Å². The van der Waals surface area contributed by atoms with Crippen LogP contribution >= 0.6 is 0 Å². The van der Waals surface area contributed by atoms with Crippen LogP contribution in [0, 0.1) is 0 Å². The number of rotatable bonds is 28. The molecule has 0 aromatic carbocycles. The molecule has 35 heavy (non-hydrogen) atoms. The third kappa shape index (κ3) is 27.6. The first-order valence-corrected chi connectivity index (χ1v) is 16.2. The highest BCUT2D eigenvalue weighted by Crippen LogP contribution is 2.13. The van der Waals surface area contributed by atoms with E-state index >= 15 is 0 Å². The molecule has 2 nitrogen and oxygen atoms in total. The van der Waals surface area contributed by atoms with Crippen LogP contribution in [0.2, 0.25) is 0 Å². The van der Waals surface area contributed by atoms with Crippen LogP contribution in [0.5, 0.6) is 0 Å². The first-order valence-electron chi connectivity index (χ1n) is 16.2. The Bertz CT molecular complexity index is 444. The standard InChI is InChI=1S/C33H65NO/c1-4-7-9-11-13-15-17-18-19-21-22-24-26-28-30-32(6-3)34-33(35)31-29-27-25-23-20-16-14-12-10-8-5-2/h26,28,32H,4-25,27,29-31H2,1-3H3,(H,34,35)/b28-26+/t32-/m0/s1. The highest BCUT2D eigenvalue weighted by Gasteiger charge is 2.08. The lowest BCUT2D eigenvalue weighted by atomic mass is 10.0. The Morgan fingerprint density at radius 1 is 0.543 bits per heavy atom. The second-order valence-corrected chi connectivity index (χ2v) is 11.0. The van der Waals surface area contributed by atoms with Gasteiger partial charge in [-0.05, 0) is 32.1 Å². The number of hydrogen-bond acceptors (Lipinski definition) is 1. The van der Waals surface area contributed by atoms with Gasteiger partial charge in [0.25, 0.3) is 0 Å². The summed E-state index contributed by atoms with van der Waals surface area (Å²) in [5.74, 6) is 0.256.